The Kier molecular flexibility index (Phi) is 12.4. The van der Waals surface area contributed by atoms with E-state index in [0.29, 0.717) is 50.6 Å². The van der Waals surface area contributed by atoms with Crippen molar-refractivity contribution in [1.29, 1.82) is 0 Å². The lowest BCUT2D eigenvalue weighted by Crippen LogP contribution is -2.59. The third-order valence-corrected chi connectivity index (χ3v) is 8.84. The molecule has 0 radical (unpaired) electrons. The molecule has 250 valence electrons. The lowest BCUT2D eigenvalue weighted by molar-refractivity contribution is -0.145. The van der Waals surface area contributed by atoms with E-state index in [4.69, 9.17) is 11.5 Å². The molecule has 4 rings (SSSR count). The molecule has 2 aliphatic rings. The average Bonchev–Trinajstić information content (AvgIpc) is 3.42. The van der Waals surface area contributed by atoms with Crippen molar-refractivity contribution in [1.82, 2.24) is 15.5 Å². The number of aliphatic imine (C=N–C) groups is 1. The molecule has 1 aliphatic carbocycles. The van der Waals surface area contributed by atoms with Crippen molar-refractivity contribution >= 4 is 23.7 Å². The fraction of sp³-hybridized carbons (Fsp3) is 0.515. The van der Waals surface area contributed by atoms with Gasteiger partial charge >= 0.3 is 0 Å². The number of phenolic OH excluding ortho intramolecular Hbond substituents is 1. The molecule has 1 heterocycles. The third kappa shape index (κ3) is 9.41. The number of fused-ring (bicyclic) bond motifs is 1. The summed E-state index contributed by atoms with van der Waals surface area (Å²) in [4.78, 5) is 46.9. The Morgan fingerprint density at radius 2 is 1.65 bits per heavy atom. The summed E-state index contributed by atoms with van der Waals surface area (Å²) >= 11 is 0. The SMILES string of the molecule is NC(N)=NCCC[C@@H](CO)NC(=O)[C@@H]1C[C@@H]2CC[C@@H](O)C[C@@H]2N1C(=O)[C@@H](Cc1ccccc1)NC(=O)[C@@H](O)Cc1ccc(O)cc1. The van der Waals surface area contributed by atoms with Gasteiger partial charge in [0.05, 0.1) is 18.8 Å². The Bertz CT molecular complexity index is 1340. The third-order valence-electron chi connectivity index (χ3n) is 8.84. The van der Waals surface area contributed by atoms with Crippen molar-refractivity contribution in [3.05, 3.63) is 65.7 Å². The van der Waals surface area contributed by atoms with Gasteiger partial charge in [0.25, 0.3) is 0 Å². The van der Waals surface area contributed by atoms with Gasteiger partial charge in [0.2, 0.25) is 17.7 Å². The molecule has 2 aromatic carbocycles. The van der Waals surface area contributed by atoms with Crippen LogP contribution in [0.1, 0.15) is 49.7 Å². The molecule has 7 atom stereocenters. The number of carbonyl (C=O) groups is 3. The number of aromatic hydroxyl groups is 1. The zero-order valence-corrected chi connectivity index (χ0v) is 25.9. The fourth-order valence-corrected chi connectivity index (χ4v) is 6.48. The van der Waals surface area contributed by atoms with Crippen LogP contribution in [0.2, 0.25) is 0 Å². The van der Waals surface area contributed by atoms with Crippen LogP contribution in [-0.2, 0) is 27.2 Å². The highest BCUT2D eigenvalue weighted by atomic mass is 16.3. The first kappa shape index (κ1) is 34.7. The Balaban J connectivity index is 1.55. The van der Waals surface area contributed by atoms with Crippen LogP contribution in [0, 0.1) is 5.92 Å². The highest BCUT2D eigenvalue weighted by Crippen LogP contribution is 2.40. The van der Waals surface area contributed by atoms with E-state index in [1.807, 2.05) is 30.3 Å². The molecule has 1 saturated heterocycles. The number of rotatable bonds is 14. The van der Waals surface area contributed by atoms with Gasteiger partial charge in [-0.25, -0.2) is 0 Å². The van der Waals surface area contributed by atoms with Gasteiger partial charge in [0.1, 0.15) is 23.9 Å². The summed E-state index contributed by atoms with van der Waals surface area (Å²) in [6.45, 7) is 0.0235. The number of nitrogens with one attached hydrogen (secondary N) is 2. The molecule has 3 amide bonds. The van der Waals surface area contributed by atoms with Crippen LogP contribution in [0.3, 0.4) is 0 Å². The average molecular weight is 639 g/mol. The van der Waals surface area contributed by atoms with E-state index in [1.54, 1.807) is 12.1 Å². The van der Waals surface area contributed by atoms with Gasteiger partial charge in [-0.05, 0) is 67.7 Å². The van der Waals surface area contributed by atoms with Crippen LogP contribution >= 0.6 is 0 Å². The summed E-state index contributed by atoms with van der Waals surface area (Å²) < 4.78 is 0. The van der Waals surface area contributed by atoms with Crippen molar-refractivity contribution in [2.45, 2.75) is 87.7 Å². The minimum atomic E-state index is -1.47. The lowest BCUT2D eigenvalue weighted by atomic mass is 9.83. The molecular formula is C33H46N6O7. The predicted molar refractivity (Wildman–Crippen MR) is 171 cm³/mol. The Morgan fingerprint density at radius 3 is 2.33 bits per heavy atom. The van der Waals surface area contributed by atoms with Gasteiger partial charge in [-0.3, -0.25) is 19.4 Å². The molecule has 0 aromatic heterocycles. The number of phenols is 1. The number of hydrogen-bond donors (Lipinski definition) is 8. The van der Waals surface area contributed by atoms with Gasteiger partial charge in [-0.1, -0.05) is 42.5 Å². The molecule has 13 nitrogen and oxygen atoms in total. The van der Waals surface area contributed by atoms with Crippen LogP contribution < -0.4 is 22.1 Å². The standard InChI is InChI=1S/C33H46N6O7/c34-33(35)36-14-4-7-23(19-40)37-30(44)28-17-22-10-13-25(42)18-27(22)39(28)32(46)26(15-20-5-2-1-3-6-20)38-31(45)29(43)16-21-8-11-24(41)12-9-21/h1-3,5-6,8-9,11-12,22-23,25-29,40-43H,4,7,10,13-19H2,(H,37,44)(H,38,45)(H4,34,35,36)/t22-,23-,25+,26+,27-,28-,29-/m0/s1. The second kappa shape index (κ2) is 16.4. The molecule has 1 saturated carbocycles. The van der Waals surface area contributed by atoms with Crippen LogP contribution in [0.15, 0.2) is 59.6 Å². The van der Waals surface area contributed by atoms with Gasteiger partial charge in [0, 0.05) is 25.4 Å². The van der Waals surface area contributed by atoms with Crippen LogP contribution in [0.5, 0.6) is 5.75 Å². The van der Waals surface area contributed by atoms with E-state index in [9.17, 15) is 34.8 Å². The normalized spacial score (nSPS) is 22.6. The fourth-order valence-electron chi connectivity index (χ4n) is 6.48. The molecule has 13 heteroatoms. The van der Waals surface area contributed by atoms with Crippen molar-refractivity contribution in [2.24, 2.45) is 22.4 Å². The maximum Gasteiger partial charge on any atom is 0.249 e. The monoisotopic (exact) mass is 638 g/mol. The van der Waals surface area contributed by atoms with Crippen molar-refractivity contribution in [3.63, 3.8) is 0 Å². The molecule has 46 heavy (non-hydrogen) atoms. The summed E-state index contributed by atoms with van der Waals surface area (Å²) in [5, 5.41) is 46.5. The maximum absolute atomic E-state index is 14.5. The number of likely N-dealkylation sites (tertiary alicyclic amines) is 1. The highest BCUT2D eigenvalue weighted by Gasteiger charge is 2.50. The number of nitrogens with two attached hydrogens (primary N) is 2. The summed E-state index contributed by atoms with van der Waals surface area (Å²) in [6, 6.07) is 12.3. The van der Waals surface area contributed by atoms with E-state index < -0.39 is 54.1 Å². The van der Waals surface area contributed by atoms with Gasteiger partial charge < -0.3 is 47.4 Å². The lowest BCUT2D eigenvalue weighted by Gasteiger charge is -2.37. The van der Waals surface area contributed by atoms with Gasteiger partial charge in [-0.2, -0.15) is 0 Å². The molecular weight excluding hydrogens is 592 g/mol. The van der Waals surface area contributed by atoms with Crippen molar-refractivity contribution < 1.29 is 34.8 Å². The topological polar surface area (TPSA) is 224 Å². The minimum Gasteiger partial charge on any atom is -0.508 e. The largest absolute Gasteiger partial charge is 0.508 e. The molecule has 0 spiro atoms. The minimum absolute atomic E-state index is 0.0225. The number of guanidine groups is 1. The number of amides is 3. The summed E-state index contributed by atoms with van der Waals surface area (Å²) in [5.74, 6) is -1.66. The summed E-state index contributed by atoms with van der Waals surface area (Å²) in [7, 11) is 0. The van der Waals surface area contributed by atoms with Crippen LogP contribution in [0.4, 0.5) is 0 Å². The number of aliphatic hydroxyl groups excluding tert-OH is 3. The maximum atomic E-state index is 14.5. The van der Waals surface area contributed by atoms with Crippen molar-refractivity contribution in [2.75, 3.05) is 13.2 Å². The zero-order chi connectivity index (χ0) is 33.2. The van der Waals surface area contributed by atoms with Gasteiger partial charge in [-0.15, -0.1) is 0 Å². The molecule has 1 aliphatic heterocycles. The molecule has 0 unspecified atom stereocenters. The Labute approximate surface area is 268 Å². The van der Waals surface area contributed by atoms with Crippen LogP contribution in [-0.4, -0.2) is 98.5 Å². The Morgan fingerprint density at radius 1 is 0.957 bits per heavy atom. The Hall–Kier alpha value is -4.20. The van der Waals surface area contributed by atoms with E-state index in [0.717, 1.165) is 5.56 Å². The second-order valence-electron chi connectivity index (χ2n) is 12.3. The number of aliphatic hydroxyl groups is 3. The van der Waals surface area contributed by atoms with Crippen molar-refractivity contribution in [3.8, 4) is 5.75 Å². The molecule has 2 fully saturated rings. The smallest absolute Gasteiger partial charge is 0.249 e. The highest BCUT2D eigenvalue weighted by molar-refractivity contribution is 5.94. The van der Waals surface area contributed by atoms with E-state index in [1.165, 1.54) is 17.0 Å². The molecule has 2 aromatic rings. The first-order chi connectivity index (χ1) is 22.0. The van der Waals surface area contributed by atoms with E-state index >= 15 is 0 Å². The second-order valence-corrected chi connectivity index (χ2v) is 12.3. The van der Waals surface area contributed by atoms with Crippen LogP contribution in [0.25, 0.3) is 0 Å². The quantitative estimate of drug-likeness (QED) is 0.0770. The van der Waals surface area contributed by atoms with Gasteiger partial charge in [0.15, 0.2) is 5.96 Å². The van der Waals surface area contributed by atoms with E-state index in [-0.39, 0.29) is 37.1 Å². The summed E-state index contributed by atoms with van der Waals surface area (Å²) in [5.41, 5.74) is 12.2. The summed E-state index contributed by atoms with van der Waals surface area (Å²) in [6.07, 6.45) is 0.811. The first-order valence-corrected chi connectivity index (χ1v) is 15.8. The number of benzene rings is 2. The molecule has 10 N–H and O–H groups in total. The predicted octanol–water partition coefficient (Wildman–Crippen LogP) is -0.316. The number of hydrogen-bond acceptors (Lipinski definition) is 8. The zero-order valence-electron chi connectivity index (χ0n) is 25.9. The van der Waals surface area contributed by atoms with E-state index in [2.05, 4.69) is 15.6 Å². The number of carbonyl (C=O) groups excluding carboxylic acids is 3. The number of nitrogens with zero attached hydrogens (tertiary/aromatic N) is 2. The first-order valence-electron chi connectivity index (χ1n) is 15.8. The molecule has 0 bridgehead atoms.